The van der Waals surface area contributed by atoms with Crippen LogP contribution in [0.15, 0.2) is 48.8 Å². The monoisotopic (exact) mass is 344 g/mol. The van der Waals surface area contributed by atoms with E-state index in [1.807, 2.05) is 23.1 Å². The Labute approximate surface area is 146 Å². The lowest BCUT2D eigenvalue weighted by molar-refractivity contribution is -0.158. The molecule has 0 saturated carbocycles. The van der Waals surface area contributed by atoms with Crippen molar-refractivity contribution in [2.45, 2.75) is 25.3 Å². The lowest BCUT2D eigenvalue weighted by Crippen LogP contribution is -2.56. The number of hydrogen-bond donors (Lipinski definition) is 0. The number of aromatic nitrogens is 2. The van der Waals surface area contributed by atoms with Crippen molar-refractivity contribution in [1.82, 2.24) is 14.9 Å². The molecule has 0 amide bonds. The van der Waals surface area contributed by atoms with Crippen LogP contribution in [-0.2, 0) is 6.54 Å². The van der Waals surface area contributed by atoms with Gasteiger partial charge in [0.15, 0.2) is 0 Å². The van der Waals surface area contributed by atoms with Gasteiger partial charge in [0.25, 0.3) is 5.92 Å². The van der Waals surface area contributed by atoms with Crippen LogP contribution in [0.25, 0.3) is 0 Å². The van der Waals surface area contributed by atoms with Crippen LogP contribution in [0.5, 0.6) is 0 Å². The van der Waals surface area contributed by atoms with Crippen LogP contribution in [0.2, 0.25) is 0 Å². The van der Waals surface area contributed by atoms with Gasteiger partial charge in [-0.3, -0.25) is 4.90 Å². The number of halogens is 2. The summed E-state index contributed by atoms with van der Waals surface area (Å²) in [5, 5.41) is 0. The Morgan fingerprint density at radius 1 is 0.920 bits per heavy atom. The highest BCUT2D eigenvalue weighted by molar-refractivity contribution is 5.33. The van der Waals surface area contributed by atoms with Gasteiger partial charge in [-0.1, -0.05) is 30.3 Å². The molecule has 2 aliphatic rings. The first-order valence-electron chi connectivity index (χ1n) is 8.74. The standard InChI is InChI=1S/C19H22F2N4/c20-19(21)8-11-24(13-16-5-2-1-3-6-16)14-18(19)7-12-25(15-18)17-22-9-4-10-23-17/h1-6,9-10H,7-8,11-15H2. The summed E-state index contributed by atoms with van der Waals surface area (Å²) >= 11 is 0. The van der Waals surface area contributed by atoms with Crippen molar-refractivity contribution in [2.75, 3.05) is 31.1 Å². The molecule has 132 valence electrons. The molecule has 1 atom stereocenters. The van der Waals surface area contributed by atoms with Gasteiger partial charge >= 0.3 is 0 Å². The topological polar surface area (TPSA) is 32.3 Å². The van der Waals surface area contributed by atoms with E-state index >= 15 is 0 Å². The molecule has 6 heteroatoms. The minimum Gasteiger partial charge on any atom is -0.340 e. The minimum absolute atomic E-state index is 0.0800. The van der Waals surface area contributed by atoms with Gasteiger partial charge in [-0.15, -0.1) is 0 Å². The largest absolute Gasteiger partial charge is 0.340 e. The number of alkyl halides is 2. The first-order valence-corrected chi connectivity index (χ1v) is 8.74. The molecule has 2 aromatic rings. The van der Waals surface area contributed by atoms with E-state index in [0.29, 0.717) is 38.5 Å². The average Bonchev–Trinajstić information content (AvgIpc) is 3.06. The Morgan fingerprint density at radius 3 is 2.44 bits per heavy atom. The first-order chi connectivity index (χ1) is 12.1. The lowest BCUT2D eigenvalue weighted by Gasteiger charge is -2.46. The zero-order chi connectivity index (χ0) is 17.3. The fourth-order valence-corrected chi connectivity index (χ4v) is 4.09. The van der Waals surface area contributed by atoms with E-state index in [2.05, 4.69) is 27.0 Å². The van der Waals surface area contributed by atoms with Gasteiger partial charge in [-0.25, -0.2) is 18.7 Å². The Morgan fingerprint density at radius 2 is 1.68 bits per heavy atom. The second kappa shape index (κ2) is 6.33. The van der Waals surface area contributed by atoms with E-state index in [9.17, 15) is 8.78 Å². The molecule has 2 fully saturated rings. The quantitative estimate of drug-likeness (QED) is 0.856. The fraction of sp³-hybridized carbons (Fsp3) is 0.474. The summed E-state index contributed by atoms with van der Waals surface area (Å²) < 4.78 is 29.7. The molecule has 0 radical (unpaired) electrons. The third kappa shape index (κ3) is 3.11. The van der Waals surface area contributed by atoms with E-state index < -0.39 is 11.3 Å². The molecule has 4 rings (SSSR count). The van der Waals surface area contributed by atoms with E-state index in [0.717, 1.165) is 6.54 Å². The lowest BCUT2D eigenvalue weighted by atomic mass is 9.75. The normalized spacial score (nSPS) is 26.2. The van der Waals surface area contributed by atoms with Crippen LogP contribution in [-0.4, -0.2) is 47.0 Å². The number of rotatable bonds is 3. The van der Waals surface area contributed by atoms with Gasteiger partial charge in [0.1, 0.15) is 0 Å². The summed E-state index contributed by atoms with van der Waals surface area (Å²) in [7, 11) is 0. The SMILES string of the molecule is FC1(F)CCN(Cc2ccccc2)CC12CCN(c1ncccn1)C2. The van der Waals surface area contributed by atoms with Crippen molar-refractivity contribution in [3.63, 3.8) is 0 Å². The number of hydrogen-bond acceptors (Lipinski definition) is 4. The van der Waals surface area contributed by atoms with Gasteiger partial charge in [0.05, 0.1) is 5.41 Å². The maximum atomic E-state index is 14.9. The average molecular weight is 344 g/mol. The highest BCUT2D eigenvalue weighted by atomic mass is 19.3. The molecule has 0 bridgehead atoms. The molecule has 25 heavy (non-hydrogen) atoms. The summed E-state index contributed by atoms with van der Waals surface area (Å²) in [6.07, 6.45) is 3.72. The summed E-state index contributed by atoms with van der Waals surface area (Å²) in [6.45, 7) is 2.47. The fourth-order valence-electron chi connectivity index (χ4n) is 4.09. The zero-order valence-electron chi connectivity index (χ0n) is 14.1. The third-order valence-corrected chi connectivity index (χ3v) is 5.48. The van der Waals surface area contributed by atoms with Gasteiger partial charge in [-0.2, -0.15) is 0 Å². The van der Waals surface area contributed by atoms with Crippen LogP contribution in [0, 0.1) is 5.41 Å². The van der Waals surface area contributed by atoms with E-state index in [1.54, 1.807) is 18.5 Å². The molecule has 0 aliphatic carbocycles. The third-order valence-electron chi connectivity index (χ3n) is 5.48. The highest BCUT2D eigenvalue weighted by Crippen LogP contribution is 2.50. The summed E-state index contributed by atoms with van der Waals surface area (Å²) in [5.41, 5.74) is 0.156. The maximum Gasteiger partial charge on any atom is 0.257 e. The number of anilines is 1. The van der Waals surface area contributed by atoms with Crippen molar-refractivity contribution < 1.29 is 8.78 Å². The Bertz CT molecular complexity index is 710. The Kier molecular flexibility index (Phi) is 4.15. The first kappa shape index (κ1) is 16.4. The van der Waals surface area contributed by atoms with E-state index in [1.165, 1.54) is 5.56 Å². The molecular formula is C19H22F2N4. The van der Waals surface area contributed by atoms with Crippen LogP contribution >= 0.6 is 0 Å². The van der Waals surface area contributed by atoms with Gasteiger partial charge in [0.2, 0.25) is 5.95 Å². The molecular weight excluding hydrogens is 322 g/mol. The van der Waals surface area contributed by atoms with Gasteiger partial charge in [-0.05, 0) is 18.1 Å². The van der Waals surface area contributed by atoms with Gasteiger partial charge < -0.3 is 4.90 Å². The van der Waals surface area contributed by atoms with E-state index in [-0.39, 0.29) is 6.42 Å². The molecule has 0 N–H and O–H groups in total. The van der Waals surface area contributed by atoms with Crippen LogP contribution < -0.4 is 4.90 Å². The second-order valence-corrected chi connectivity index (χ2v) is 7.15. The molecule has 4 nitrogen and oxygen atoms in total. The van der Waals surface area contributed by atoms with Crippen LogP contribution in [0.4, 0.5) is 14.7 Å². The summed E-state index contributed by atoms with van der Waals surface area (Å²) in [5.74, 6) is -2.10. The molecule has 1 aromatic heterocycles. The Balaban J connectivity index is 1.52. The predicted molar refractivity (Wildman–Crippen MR) is 92.6 cm³/mol. The minimum atomic E-state index is -2.65. The van der Waals surface area contributed by atoms with Crippen molar-refractivity contribution in [3.05, 3.63) is 54.4 Å². The molecule has 3 heterocycles. The number of nitrogens with zero attached hydrogens (tertiary/aromatic N) is 4. The van der Waals surface area contributed by atoms with Crippen LogP contribution in [0.1, 0.15) is 18.4 Å². The number of piperidine rings is 1. The summed E-state index contributed by atoms with van der Waals surface area (Å²) in [4.78, 5) is 12.5. The highest BCUT2D eigenvalue weighted by Gasteiger charge is 2.59. The van der Waals surface area contributed by atoms with Gasteiger partial charge in [0, 0.05) is 51.5 Å². The smallest absolute Gasteiger partial charge is 0.257 e. The Hall–Kier alpha value is -2.08. The predicted octanol–water partition coefficient (Wildman–Crippen LogP) is 3.21. The summed E-state index contributed by atoms with van der Waals surface area (Å²) in [6, 6.07) is 11.8. The maximum absolute atomic E-state index is 14.9. The van der Waals surface area contributed by atoms with Crippen molar-refractivity contribution >= 4 is 5.95 Å². The second-order valence-electron chi connectivity index (χ2n) is 7.15. The van der Waals surface area contributed by atoms with Crippen molar-refractivity contribution in [3.8, 4) is 0 Å². The number of benzene rings is 1. The van der Waals surface area contributed by atoms with E-state index in [4.69, 9.17) is 0 Å². The molecule has 1 aromatic carbocycles. The molecule has 2 aliphatic heterocycles. The van der Waals surface area contributed by atoms with Crippen molar-refractivity contribution in [1.29, 1.82) is 0 Å². The number of likely N-dealkylation sites (tertiary alicyclic amines) is 1. The zero-order valence-corrected chi connectivity index (χ0v) is 14.1. The molecule has 2 saturated heterocycles. The molecule has 1 spiro atoms. The molecule has 1 unspecified atom stereocenters. The van der Waals surface area contributed by atoms with Crippen LogP contribution in [0.3, 0.4) is 0 Å². The van der Waals surface area contributed by atoms with Crippen molar-refractivity contribution in [2.24, 2.45) is 5.41 Å².